The molecule has 0 aliphatic carbocycles. The molecule has 0 spiro atoms. The van der Waals surface area contributed by atoms with E-state index in [0.717, 1.165) is 56.3 Å². The van der Waals surface area contributed by atoms with E-state index in [1.165, 1.54) is 124 Å². The Balaban J connectivity index is 0.00000968. The van der Waals surface area contributed by atoms with Gasteiger partial charge in [-0.25, -0.2) is 0 Å². The molecule has 0 saturated carbocycles. The topological polar surface area (TPSA) is 24.7 Å². The van der Waals surface area contributed by atoms with E-state index in [1.54, 1.807) is 0 Å². The molecular formula is C41H66N2Ni. The molecule has 3 heteroatoms. The second-order valence-corrected chi connectivity index (χ2v) is 12.6. The van der Waals surface area contributed by atoms with Gasteiger partial charge in [-0.2, -0.15) is 0 Å². The molecule has 2 rings (SSSR count). The van der Waals surface area contributed by atoms with Crippen LogP contribution < -0.4 is 0 Å². The zero-order chi connectivity index (χ0) is 31.1. The molecule has 0 aliphatic heterocycles. The zero-order valence-corrected chi connectivity index (χ0v) is 30.5. The van der Waals surface area contributed by atoms with Gasteiger partial charge in [-0.3, -0.25) is 9.98 Å². The van der Waals surface area contributed by atoms with Gasteiger partial charge in [0.25, 0.3) is 0 Å². The van der Waals surface area contributed by atoms with E-state index in [-0.39, 0.29) is 16.5 Å². The number of hydrogen-bond acceptors (Lipinski definition) is 2. The first-order chi connectivity index (χ1) is 21.1. The summed E-state index contributed by atoms with van der Waals surface area (Å²) in [6.07, 6.45) is 26.5. The standard InChI is InChI=1S/C41H66N2.Ni/c1-7-13-15-16-17-18-19-20-21-22-23-24-25-27-41(43-39-32-36(11-5)29-37(12-6)33-39)40(26-14-8-2)42-38-30-34(9-3)28-35(10-4)31-38;/h28-33H,7-27H2,1-6H3;. The minimum Gasteiger partial charge on any atom is -0.252 e. The van der Waals surface area contributed by atoms with Crippen LogP contribution in [0.2, 0.25) is 0 Å². The van der Waals surface area contributed by atoms with E-state index < -0.39 is 0 Å². The Morgan fingerprint density at radius 1 is 0.386 bits per heavy atom. The fourth-order valence-corrected chi connectivity index (χ4v) is 5.93. The van der Waals surface area contributed by atoms with Crippen molar-refractivity contribution in [2.75, 3.05) is 0 Å². The maximum absolute atomic E-state index is 5.39. The number of rotatable bonds is 24. The average molecular weight is 646 g/mol. The molecular weight excluding hydrogens is 579 g/mol. The van der Waals surface area contributed by atoms with Crippen molar-refractivity contribution in [2.24, 2.45) is 9.98 Å². The van der Waals surface area contributed by atoms with Crippen LogP contribution in [0.3, 0.4) is 0 Å². The van der Waals surface area contributed by atoms with Crippen LogP contribution >= 0.6 is 0 Å². The van der Waals surface area contributed by atoms with Crippen molar-refractivity contribution < 1.29 is 16.5 Å². The van der Waals surface area contributed by atoms with Crippen molar-refractivity contribution >= 4 is 22.8 Å². The van der Waals surface area contributed by atoms with Gasteiger partial charge in [0.15, 0.2) is 0 Å². The van der Waals surface area contributed by atoms with Gasteiger partial charge in [0, 0.05) is 16.5 Å². The predicted molar refractivity (Wildman–Crippen MR) is 194 cm³/mol. The van der Waals surface area contributed by atoms with Gasteiger partial charge in [0.2, 0.25) is 0 Å². The normalized spacial score (nSPS) is 12.0. The monoisotopic (exact) mass is 644 g/mol. The van der Waals surface area contributed by atoms with E-state index in [9.17, 15) is 0 Å². The SMILES string of the molecule is CCCCCCCCCCCCCCCC(=Nc1cc(CC)cc(CC)c1)C(CCCC)=Nc1cc(CC)cc(CC)c1.[Ni]. The van der Waals surface area contributed by atoms with E-state index in [1.807, 2.05) is 0 Å². The number of aliphatic imine (C=N–C) groups is 2. The van der Waals surface area contributed by atoms with Crippen molar-refractivity contribution in [2.45, 2.75) is 176 Å². The molecule has 2 nitrogen and oxygen atoms in total. The Kier molecular flexibility index (Phi) is 23.3. The Morgan fingerprint density at radius 2 is 0.682 bits per heavy atom. The third kappa shape index (κ3) is 16.5. The van der Waals surface area contributed by atoms with Crippen LogP contribution in [0.4, 0.5) is 11.4 Å². The van der Waals surface area contributed by atoms with Crippen LogP contribution in [0.1, 0.15) is 173 Å². The first-order valence-electron chi connectivity index (χ1n) is 18.5. The van der Waals surface area contributed by atoms with Crippen molar-refractivity contribution in [1.29, 1.82) is 0 Å². The molecule has 44 heavy (non-hydrogen) atoms. The number of nitrogens with zero attached hydrogens (tertiary/aromatic N) is 2. The molecule has 0 fully saturated rings. The van der Waals surface area contributed by atoms with Gasteiger partial charge in [0.1, 0.15) is 0 Å². The Hall–Kier alpha value is -1.73. The zero-order valence-electron chi connectivity index (χ0n) is 29.5. The summed E-state index contributed by atoms with van der Waals surface area (Å²) in [7, 11) is 0. The smallest absolute Gasteiger partial charge is 0.0639 e. The second kappa shape index (κ2) is 25.5. The van der Waals surface area contributed by atoms with Crippen LogP contribution in [-0.2, 0) is 42.2 Å². The predicted octanol–water partition coefficient (Wildman–Crippen LogP) is 13.5. The molecule has 0 amide bonds. The molecule has 0 unspecified atom stereocenters. The van der Waals surface area contributed by atoms with Crippen molar-refractivity contribution in [3.05, 3.63) is 58.7 Å². The van der Waals surface area contributed by atoms with Gasteiger partial charge in [0.05, 0.1) is 22.8 Å². The first kappa shape index (κ1) is 40.3. The molecule has 0 aliphatic rings. The van der Waals surface area contributed by atoms with Crippen molar-refractivity contribution in [1.82, 2.24) is 0 Å². The molecule has 0 heterocycles. The summed E-state index contributed by atoms with van der Waals surface area (Å²) in [5, 5.41) is 0. The van der Waals surface area contributed by atoms with E-state index >= 15 is 0 Å². The largest absolute Gasteiger partial charge is 0.252 e. The van der Waals surface area contributed by atoms with Gasteiger partial charge < -0.3 is 0 Å². The van der Waals surface area contributed by atoms with E-state index in [2.05, 4.69) is 77.9 Å². The third-order valence-corrected chi connectivity index (χ3v) is 8.85. The minimum atomic E-state index is 0. The fourth-order valence-electron chi connectivity index (χ4n) is 5.93. The van der Waals surface area contributed by atoms with Crippen molar-refractivity contribution in [3.63, 3.8) is 0 Å². The van der Waals surface area contributed by atoms with E-state index in [0.29, 0.717) is 0 Å². The maximum atomic E-state index is 5.39. The van der Waals surface area contributed by atoms with Crippen LogP contribution in [-0.4, -0.2) is 11.4 Å². The van der Waals surface area contributed by atoms with Crippen LogP contribution in [0.15, 0.2) is 46.4 Å². The summed E-state index contributed by atoms with van der Waals surface area (Å²) < 4.78 is 0. The molecule has 0 atom stereocenters. The van der Waals surface area contributed by atoms with Gasteiger partial charge >= 0.3 is 0 Å². The molecule has 0 bridgehead atoms. The van der Waals surface area contributed by atoms with Crippen LogP contribution in [0.25, 0.3) is 0 Å². The molecule has 0 saturated heterocycles. The molecule has 0 radical (unpaired) electrons. The summed E-state index contributed by atoms with van der Waals surface area (Å²) in [6, 6.07) is 13.9. The Labute approximate surface area is 283 Å². The Bertz CT molecular complexity index is 1040. The summed E-state index contributed by atoms with van der Waals surface area (Å²) in [5.41, 5.74) is 10.2. The number of benzene rings is 2. The van der Waals surface area contributed by atoms with Gasteiger partial charge in [-0.05, 0) is 97.9 Å². The van der Waals surface area contributed by atoms with Gasteiger partial charge in [-0.1, -0.05) is 137 Å². The number of unbranched alkanes of at least 4 members (excludes halogenated alkanes) is 13. The number of aryl methyl sites for hydroxylation is 4. The van der Waals surface area contributed by atoms with Crippen molar-refractivity contribution in [3.8, 4) is 0 Å². The van der Waals surface area contributed by atoms with Crippen LogP contribution in [0, 0.1) is 0 Å². The summed E-state index contributed by atoms with van der Waals surface area (Å²) >= 11 is 0. The molecule has 2 aromatic carbocycles. The quantitative estimate of drug-likeness (QED) is 0.0617. The summed E-state index contributed by atoms with van der Waals surface area (Å²) in [4.78, 5) is 10.8. The maximum Gasteiger partial charge on any atom is 0.0639 e. The summed E-state index contributed by atoms with van der Waals surface area (Å²) in [5.74, 6) is 0. The average Bonchev–Trinajstić information content (AvgIpc) is 3.04. The molecule has 2 aromatic rings. The fraction of sp³-hybridized carbons (Fsp3) is 0.659. The van der Waals surface area contributed by atoms with Gasteiger partial charge in [-0.15, -0.1) is 0 Å². The van der Waals surface area contributed by atoms with E-state index in [4.69, 9.17) is 9.98 Å². The molecule has 250 valence electrons. The molecule has 0 aromatic heterocycles. The second-order valence-electron chi connectivity index (χ2n) is 12.6. The number of hydrogen-bond donors (Lipinski definition) is 0. The Morgan fingerprint density at radius 3 is 1.00 bits per heavy atom. The first-order valence-corrected chi connectivity index (χ1v) is 18.5. The molecule has 0 N–H and O–H groups in total. The third-order valence-electron chi connectivity index (χ3n) is 8.85. The summed E-state index contributed by atoms with van der Waals surface area (Å²) in [6.45, 7) is 13.6. The minimum absolute atomic E-state index is 0. The van der Waals surface area contributed by atoms with Crippen LogP contribution in [0.5, 0.6) is 0 Å².